The highest BCUT2D eigenvalue weighted by Crippen LogP contribution is 2.32. The van der Waals surface area contributed by atoms with Crippen molar-refractivity contribution in [3.8, 4) is 0 Å². The summed E-state index contributed by atoms with van der Waals surface area (Å²) in [6.45, 7) is 3.84. The Kier molecular flexibility index (Phi) is 10.3. The number of rotatable bonds is 10. The number of ether oxygens (including phenoxy) is 1. The smallest absolute Gasteiger partial charge is 0.397 e. The lowest BCUT2D eigenvalue weighted by molar-refractivity contribution is -0.140. The lowest BCUT2D eigenvalue weighted by Crippen LogP contribution is -2.42. The normalized spacial score (nSPS) is 15.0. The zero-order chi connectivity index (χ0) is 30.1. The van der Waals surface area contributed by atoms with Gasteiger partial charge >= 0.3 is 6.18 Å². The van der Waals surface area contributed by atoms with E-state index in [0.29, 0.717) is 60.9 Å². The molecule has 12 heteroatoms. The molecule has 1 heterocycles. The molecular weight excluding hydrogens is 554 g/mol. The summed E-state index contributed by atoms with van der Waals surface area (Å²) in [6, 6.07) is 15.1. The monoisotopic (exact) mass is 585 g/mol. The number of nitrogens with zero attached hydrogens (tertiary/aromatic N) is 1. The number of morpholine rings is 1. The number of benzene rings is 3. The summed E-state index contributed by atoms with van der Waals surface area (Å²) >= 11 is 0. The van der Waals surface area contributed by atoms with Gasteiger partial charge in [0, 0.05) is 37.9 Å². The molecule has 1 unspecified atom stereocenters. The molecule has 0 radical (unpaired) electrons. The molecule has 0 spiro atoms. The minimum Gasteiger partial charge on any atom is -0.397 e. The molecule has 3 aromatic rings. The third-order valence-electron chi connectivity index (χ3n) is 6.60. The second-order valence-corrected chi connectivity index (χ2v) is 9.60. The summed E-state index contributed by atoms with van der Waals surface area (Å²) < 4.78 is 58.3. The van der Waals surface area contributed by atoms with Crippen LogP contribution in [-0.2, 0) is 20.5 Å². The SMILES string of the molecule is Nc1ccccc1NC(=O)/C=C/c1ccc(C(NCCN2CCOCC2)C(=O)Nc2ccc(C(F)(F)F)c(F)c2)cc1. The molecule has 3 aromatic carbocycles. The van der Waals surface area contributed by atoms with E-state index in [9.17, 15) is 27.2 Å². The molecule has 1 aliphatic heterocycles. The van der Waals surface area contributed by atoms with Crippen LogP contribution in [0.25, 0.3) is 6.08 Å². The highest BCUT2D eigenvalue weighted by molar-refractivity contribution is 6.03. The van der Waals surface area contributed by atoms with Crippen LogP contribution in [0, 0.1) is 5.82 Å². The number of nitrogens with one attached hydrogen (secondary N) is 3. The molecule has 0 saturated carbocycles. The summed E-state index contributed by atoms with van der Waals surface area (Å²) in [6.07, 6.45) is -1.89. The van der Waals surface area contributed by atoms with E-state index in [0.717, 1.165) is 19.2 Å². The van der Waals surface area contributed by atoms with Crippen LogP contribution in [0.4, 0.5) is 34.6 Å². The summed E-state index contributed by atoms with van der Waals surface area (Å²) in [4.78, 5) is 27.7. The van der Waals surface area contributed by atoms with Gasteiger partial charge in [-0.1, -0.05) is 36.4 Å². The number of hydrogen-bond acceptors (Lipinski definition) is 6. The van der Waals surface area contributed by atoms with Gasteiger partial charge in [-0.2, -0.15) is 13.2 Å². The Morgan fingerprint density at radius 3 is 2.38 bits per heavy atom. The molecule has 0 aliphatic carbocycles. The number of carbonyl (C=O) groups is 2. The highest BCUT2D eigenvalue weighted by atomic mass is 19.4. The minimum absolute atomic E-state index is 0.102. The van der Waals surface area contributed by atoms with E-state index in [2.05, 4.69) is 20.9 Å². The number of anilines is 3. The fraction of sp³-hybridized carbons (Fsp3) is 0.267. The average molecular weight is 586 g/mol. The van der Waals surface area contributed by atoms with Gasteiger partial charge in [-0.25, -0.2) is 4.39 Å². The highest BCUT2D eigenvalue weighted by Gasteiger charge is 2.34. The van der Waals surface area contributed by atoms with Gasteiger partial charge in [-0.3, -0.25) is 14.5 Å². The Hall–Kier alpha value is -4.26. The maximum absolute atomic E-state index is 14.1. The molecule has 4 rings (SSSR count). The van der Waals surface area contributed by atoms with Gasteiger partial charge in [0.05, 0.1) is 30.2 Å². The number of carbonyl (C=O) groups excluding carboxylic acids is 2. The lowest BCUT2D eigenvalue weighted by atomic mass is 10.0. The fourth-order valence-corrected chi connectivity index (χ4v) is 4.35. The number of para-hydroxylation sites is 2. The van der Waals surface area contributed by atoms with Crippen LogP contribution in [-0.4, -0.2) is 56.1 Å². The Bertz CT molecular complexity index is 1410. The van der Waals surface area contributed by atoms with Crippen molar-refractivity contribution < 1.29 is 31.9 Å². The standard InChI is InChI=1S/C30H31F4N5O3/c31-24-19-22(10-11-23(24)30(32,33)34)37-29(41)28(36-13-14-39-15-17-42-18-16-39)21-8-5-20(6-9-21)7-12-27(40)38-26-4-2-1-3-25(26)35/h1-12,19,28,36H,13-18,35H2,(H,37,41)(H,38,40)/b12-7+. The van der Waals surface area contributed by atoms with Crippen molar-refractivity contribution in [1.29, 1.82) is 0 Å². The Morgan fingerprint density at radius 1 is 1.00 bits per heavy atom. The molecule has 1 atom stereocenters. The molecule has 2 amide bonds. The molecule has 8 nitrogen and oxygen atoms in total. The van der Waals surface area contributed by atoms with E-state index in [1.165, 1.54) is 6.08 Å². The predicted octanol–water partition coefficient (Wildman–Crippen LogP) is 4.68. The molecule has 0 bridgehead atoms. The van der Waals surface area contributed by atoms with E-state index in [1.807, 2.05) is 0 Å². The van der Waals surface area contributed by atoms with Gasteiger partial charge < -0.3 is 26.4 Å². The Labute approximate surface area is 240 Å². The van der Waals surface area contributed by atoms with E-state index in [4.69, 9.17) is 10.5 Å². The molecule has 222 valence electrons. The summed E-state index contributed by atoms with van der Waals surface area (Å²) in [5.74, 6) is -2.42. The fourth-order valence-electron chi connectivity index (χ4n) is 4.35. The second kappa shape index (κ2) is 14.1. The van der Waals surface area contributed by atoms with E-state index in [-0.39, 0.29) is 11.6 Å². The first-order valence-electron chi connectivity index (χ1n) is 13.2. The predicted molar refractivity (Wildman–Crippen MR) is 153 cm³/mol. The molecule has 1 aliphatic rings. The van der Waals surface area contributed by atoms with Crippen molar-refractivity contribution in [3.05, 3.63) is 95.3 Å². The zero-order valence-corrected chi connectivity index (χ0v) is 22.6. The van der Waals surface area contributed by atoms with Crippen LogP contribution in [0.2, 0.25) is 0 Å². The number of alkyl halides is 3. The third kappa shape index (κ3) is 8.62. The van der Waals surface area contributed by atoms with Gasteiger partial charge in [-0.05, 0) is 47.5 Å². The van der Waals surface area contributed by atoms with Crippen LogP contribution in [0.1, 0.15) is 22.7 Å². The average Bonchev–Trinajstić information content (AvgIpc) is 2.96. The molecular formula is C30H31F4N5O3. The largest absolute Gasteiger partial charge is 0.419 e. The Morgan fingerprint density at radius 2 is 1.71 bits per heavy atom. The molecule has 1 fully saturated rings. The summed E-state index contributed by atoms with van der Waals surface area (Å²) in [5.41, 5.74) is 6.53. The quantitative estimate of drug-likeness (QED) is 0.156. The number of amides is 2. The van der Waals surface area contributed by atoms with Gasteiger partial charge in [-0.15, -0.1) is 0 Å². The van der Waals surface area contributed by atoms with Crippen LogP contribution < -0.4 is 21.7 Å². The van der Waals surface area contributed by atoms with Crippen molar-refractivity contribution in [2.75, 3.05) is 55.8 Å². The summed E-state index contributed by atoms with van der Waals surface area (Å²) in [7, 11) is 0. The first-order chi connectivity index (χ1) is 20.1. The lowest BCUT2D eigenvalue weighted by Gasteiger charge is -2.27. The van der Waals surface area contributed by atoms with Crippen LogP contribution in [0.15, 0.2) is 72.8 Å². The Balaban J connectivity index is 1.45. The summed E-state index contributed by atoms with van der Waals surface area (Å²) in [5, 5.41) is 8.40. The first-order valence-corrected chi connectivity index (χ1v) is 13.2. The molecule has 42 heavy (non-hydrogen) atoms. The number of nitrogen functional groups attached to an aromatic ring is 1. The van der Waals surface area contributed by atoms with E-state index in [1.54, 1.807) is 54.6 Å². The van der Waals surface area contributed by atoms with Crippen molar-refractivity contribution in [1.82, 2.24) is 10.2 Å². The topological polar surface area (TPSA) is 109 Å². The van der Waals surface area contributed by atoms with Crippen LogP contribution in [0.3, 0.4) is 0 Å². The number of halogens is 4. The minimum atomic E-state index is -4.85. The number of nitrogens with two attached hydrogens (primary N) is 1. The van der Waals surface area contributed by atoms with Gasteiger partial charge in [0.2, 0.25) is 11.8 Å². The van der Waals surface area contributed by atoms with Crippen molar-refractivity contribution in [2.24, 2.45) is 0 Å². The molecule has 1 saturated heterocycles. The first kappa shape index (κ1) is 30.7. The third-order valence-corrected chi connectivity index (χ3v) is 6.60. The number of hydrogen-bond donors (Lipinski definition) is 4. The van der Waals surface area contributed by atoms with Crippen molar-refractivity contribution in [2.45, 2.75) is 12.2 Å². The molecule has 5 N–H and O–H groups in total. The maximum Gasteiger partial charge on any atom is 0.419 e. The van der Waals surface area contributed by atoms with Crippen molar-refractivity contribution >= 4 is 35.0 Å². The van der Waals surface area contributed by atoms with Gasteiger partial charge in [0.15, 0.2) is 0 Å². The molecule has 0 aromatic heterocycles. The zero-order valence-electron chi connectivity index (χ0n) is 22.6. The van der Waals surface area contributed by atoms with E-state index >= 15 is 0 Å². The maximum atomic E-state index is 14.1. The van der Waals surface area contributed by atoms with Crippen LogP contribution >= 0.6 is 0 Å². The van der Waals surface area contributed by atoms with Gasteiger partial charge in [0.25, 0.3) is 0 Å². The van der Waals surface area contributed by atoms with E-state index < -0.39 is 29.5 Å². The van der Waals surface area contributed by atoms with Crippen molar-refractivity contribution in [3.63, 3.8) is 0 Å². The second-order valence-electron chi connectivity index (χ2n) is 9.60. The van der Waals surface area contributed by atoms with Crippen LogP contribution in [0.5, 0.6) is 0 Å². The van der Waals surface area contributed by atoms with Gasteiger partial charge in [0.1, 0.15) is 11.9 Å².